The highest BCUT2D eigenvalue weighted by molar-refractivity contribution is 14.1. The maximum atomic E-state index is 4.52. The van der Waals surface area contributed by atoms with Gasteiger partial charge in [-0.1, -0.05) is 34.1 Å². The maximum Gasteiger partial charge on any atom is 0.162 e. The normalized spacial score (nSPS) is 10.4. The number of nitrogens with zero attached hydrogens (tertiary/aromatic N) is 2. The molecule has 0 saturated heterocycles. The summed E-state index contributed by atoms with van der Waals surface area (Å²) in [6, 6.07) is 7.96. The minimum atomic E-state index is 0.736. The van der Waals surface area contributed by atoms with Gasteiger partial charge in [0.05, 0.1) is 9.26 Å². The largest absolute Gasteiger partial charge is 0.372 e. The van der Waals surface area contributed by atoms with Gasteiger partial charge in [0.25, 0.3) is 0 Å². The zero-order valence-electron chi connectivity index (χ0n) is 9.46. The zero-order chi connectivity index (χ0) is 12.4. The SMILES string of the molecule is CNc1nc(-c2ccccc2Br)nc(C)c1I. The lowest BCUT2D eigenvalue weighted by molar-refractivity contribution is 1.09. The lowest BCUT2D eigenvalue weighted by Crippen LogP contribution is -2.02. The smallest absolute Gasteiger partial charge is 0.162 e. The lowest BCUT2D eigenvalue weighted by Gasteiger charge is -2.09. The third-order valence-electron chi connectivity index (χ3n) is 2.37. The summed E-state index contributed by atoms with van der Waals surface area (Å²) in [4.78, 5) is 9.05. The van der Waals surface area contributed by atoms with Crippen molar-refractivity contribution in [1.82, 2.24) is 9.97 Å². The summed E-state index contributed by atoms with van der Waals surface area (Å²) in [5, 5.41) is 3.09. The van der Waals surface area contributed by atoms with Gasteiger partial charge in [0.1, 0.15) is 5.82 Å². The van der Waals surface area contributed by atoms with Crippen molar-refractivity contribution < 1.29 is 0 Å². The number of benzene rings is 1. The van der Waals surface area contributed by atoms with Crippen molar-refractivity contribution in [3.63, 3.8) is 0 Å². The Hall–Kier alpha value is -0.690. The Morgan fingerprint density at radius 2 is 1.94 bits per heavy atom. The number of halogens is 2. The van der Waals surface area contributed by atoms with Crippen molar-refractivity contribution in [3.8, 4) is 11.4 Å². The van der Waals surface area contributed by atoms with E-state index in [1.165, 1.54) is 0 Å². The van der Waals surface area contributed by atoms with Gasteiger partial charge in [-0.2, -0.15) is 0 Å². The molecule has 0 aliphatic heterocycles. The van der Waals surface area contributed by atoms with Crippen LogP contribution in [0.2, 0.25) is 0 Å². The number of nitrogens with one attached hydrogen (secondary N) is 1. The molecule has 0 unspecified atom stereocenters. The van der Waals surface area contributed by atoms with Crippen LogP contribution in [0.25, 0.3) is 11.4 Å². The van der Waals surface area contributed by atoms with Crippen molar-refractivity contribution >= 4 is 44.3 Å². The van der Waals surface area contributed by atoms with Crippen LogP contribution in [-0.4, -0.2) is 17.0 Å². The molecule has 0 amide bonds. The standard InChI is InChI=1S/C12H11BrIN3/c1-7-10(14)12(15-2)17-11(16-7)8-5-3-4-6-9(8)13/h3-6H,1-2H3,(H,15,16,17). The van der Waals surface area contributed by atoms with Crippen LogP contribution >= 0.6 is 38.5 Å². The Labute approximate surface area is 122 Å². The molecule has 1 aromatic carbocycles. The van der Waals surface area contributed by atoms with Crippen molar-refractivity contribution in [2.24, 2.45) is 0 Å². The third kappa shape index (κ3) is 2.60. The summed E-state index contributed by atoms with van der Waals surface area (Å²) in [6.45, 7) is 1.99. The van der Waals surface area contributed by atoms with Crippen LogP contribution < -0.4 is 5.32 Å². The molecular weight excluding hydrogens is 393 g/mol. The van der Waals surface area contributed by atoms with E-state index in [0.717, 1.165) is 30.9 Å². The van der Waals surface area contributed by atoms with E-state index in [0.29, 0.717) is 0 Å². The first-order chi connectivity index (χ1) is 8.13. The van der Waals surface area contributed by atoms with E-state index >= 15 is 0 Å². The molecule has 1 aromatic heterocycles. The molecule has 88 valence electrons. The van der Waals surface area contributed by atoms with Crippen molar-refractivity contribution in [1.29, 1.82) is 0 Å². The molecule has 17 heavy (non-hydrogen) atoms. The average Bonchev–Trinajstić information content (AvgIpc) is 2.33. The van der Waals surface area contributed by atoms with Crippen molar-refractivity contribution in [2.45, 2.75) is 6.92 Å². The average molecular weight is 404 g/mol. The van der Waals surface area contributed by atoms with E-state index in [2.05, 4.69) is 53.8 Å². The fraction of sp³-hybridized carbons (Fsp3) is 0.167. The first kappa shape index (κ1) is 12.8. The molecule has 2 aromatic rings. The second-order valence-corrected chi connectivity index (χ2v) is 5.46. The summed E-state index contributed by atoms with van der Waals surface area (Å²) in [6.07, 6.45) is 0. The molecule has 0 aliphatic carbocycles. The molecule has 0 spiro atoms. The van der Waals surface area contributed by atoms with Gasteiger partial charge in [0, 0.05) is 17.1 Å². The topological polar surface area (TPSA) is 37.8 Å². The first-order valence-corrected chi connectivity index (χ1v) is 6.97. The van der Waals surface area contributed by atoms with Crippen LogP contribution in [0.3, 0.4) is 0 Å². The minimum absolute atomic E-state index is 0.736. The van der Waals surface area contributed by atoms with Gasteiger partial charge < -0.3 is 5.32 Å². The molecule has 1 N–H and O–H groups in total. The summed E-state index contributed by atoms with van der Waals surface area (Å²) in [5.74, 6) is 1.60. The van der Waals surface area contributed by atoms with Crippen LogP contribution in [-0.2, 0) is 0 Å². The molecule has 3 nitrogen and oxygen atoms in total. The fourth-order valence-corrected chi connectivity index (χ4v) is 2.46. The summed E-state index contributed by atoms with van der Waals surface area (Å²) < 4.78 is 2.06. The van der Waals surface area contributed by atoms with Crippen molar-refractivity contribution in [2.75, 3.05) is 12.4 Å². The summed E-state index contributed by atoms with van der Waals surface area (Å²) in [7, 11) is 1.87. The Kier molecular flexibility index (Phi) is 3.98. The van der Waals surface area contributed by atoms with Crippen LogP contribution in [0.5, 0.6) is 0 Å². The van der Waals surface area contributed by atoms with Crippen LogP contribution in [0.15, 0.2) is 28.7 Å². The Morgan fingerprint density at radius 3 is 2.59 bits per heavy atom. The second kappa shape index (κ2) is 5.30. The molecule has 0 atom stereocenters. The van der Waals surface area contributed by atoms with E-state index in [1.54, 1.807) is 0 Å². The van der Waals surface area contributed by atoms with Crippen LogP contribution in [0.1, 0.15) is 5.69 Å². The number of aryl methyl sites for hydroxylation is 1. The molecule has 1 heterocycles. The molecule has 0 fully saturated rings. The number of hydrogen-bond donors (Lipinski definition) is 1. The highest BCUT2D eigenvalue weighted by atomic mass is 127. The number of hydrogen-bond acceptors (Lipinski definition) is 3. The van der Waals surface area contributed by atoms with Gasteiger partial charge in [-0.3, -0.25) is 0 Å². The number of aromatic nitrogens is 2. The van der Waals surface area contributed by atoms with Crippen LogP contribution in [0, 0.1) is 10.5 Å². The number of rotatable bonds is 2. The molecule has 0 saturated carbocycles. The Balaban J connectivity index is 2.61. The summed E-state index contributed by atoms with van der Waals surface area (Å²) >= 11 is 5.77. The van der Waals surface area contributed by atoms with Gasteiger partial charge >= 0.3 is 0 Å². The zero-order valence-corrected chi connectivity index (χ0v) is 13.2. The van der Waals surface area contributed by atoms with E-state index in [1.807, 2.05) is 38.2 Å². The highest BCUT2D eigenvalue weighted by Gasteiger charge is 2.11. The predicted octanol–water partition coefficient (Wildman–Crippen LogP) is 3.86. The second-order valence-electron chi connectivity index (χ2n) is 3.53. The molecular formula is C12H11BrIN3. The van der Waals surface area contributed by atoms with Gasteiger partial charge in [-0.15, -0.1) is 0 Å². The quantitative estimate of drug-likeness (QED) is 0.773. The lowest BCUT2D eigenvalue weighted by atomic mass is 10.2. The minimum Gasteiger partial charge on any atom is -0.372 e. The van der Waals surface area contributed by atoms with E-state index < -0.39 is 0 Å². The molecule has 2 rings (SSSR count). The fourth-order valence-electron chi connectivity index (χ4n) is 1.49. The van der Waals surface area contributed by atoms with Crippen molar-refractivity contribution in [3.05, 3.63) is 38.0 Å². The van der Waals surface area contributed by atoms with E-state index in [-0.39, 0.29) is 0 Å². The monoisotopic (exact) mass is 403 g/mol. The number of anilines is 1. The molecule has 0 bridgehead atoms. The van der Waals surface area contributed by atoms with Gasteiger partial charge in [0.2, 0.25) is 0 Å². The molecule has 0 radical (unpaired) electrons. The predicted molar refractivity (Wildman–Crippen MR) is 82.2 cm³/mol. The van der Waals surface area contributed by atoms with E-state index in [9.17, 15) is 0 Å². The Morgan fingerprint density at radius 1 is 1.24 bits per heavy atom. The Bertz CT molecular complexity index is 557. The third-order valence-corrected chi connectivity index (χ3v) is 4.35. The van der Waals surface area contributed by atoms with Gasteiger partial charge in [0.15, 0.2) is 5.82 Å². The van der Waals surface area contributed by atoms with Gasteiger partial charge in [-0.05, 0) is 35.6 Å². The van der Waals surface area contributed by atoms with Crippen LogP contribution in [0.4, 0.5) is 5.82 Å². The first-order valence-electron chi connectivity index (χ1n) is 5.10. The highest BCUT2D eigenvalue weighted by Crippen LogP contribution is 2.28. The maximum absolute atomic E-state index is 4.52. The van der Waals surface area contributed by atoms with Gasteiger partial charge in [-0.25, -0.2) is 9.97 Å². The van der Waals surface area contributed by atoms with E-state index in [4.69, 9.17) is 0 Å². The molecule has 5 heteroatoms. The molecule has 0 aliphatic rings. The summed E-state index contributed by atoms with van der Waals surface area (Å²) in [5.41, 5.74) is 1.99.